The van der Waals surface area contributed by atoms with Gasteiger partial charge in [-0.05, 0) is 37.3 Å². The first-order valence-corrected chi connectivity index (χ1v) is 10.5. The number of halogens is 1. The molecule has 7 heteroatoms. The quantitative estimate of drug-likeness (QED) is 0.380. The van der Waals surface area contributed by atoms with Crippen LogP contribution in [0.4, 0.5) is 5.82 Å². The molecule has 0 bridgehead atoms. The molecule has 0 atom stereocenters. The highest BCUT2D eigenvalue weighted by Gasteiger charge is 2.16. The lowest BCUT2D eigenvalue weighted by atomic mass is 10.1. The molecule has 1 N–H and O–H groups in total. The zero-order chi connectivity index (χ0) is 21.2. The average molecular weight is 430 g/mol. The van der Waals surface area contributed by atoms with E-state index in [1.54, 1.807) is 4.52 Å². The number of rotatable bonds is 6. The number of fused-ring (bicyclic) bond motifs is 3. The van der Waals surface area contributed by atoms with E-state index in [-0.39, 0.29) is 0 Å². The SMILES string of the molecule is CCOc1ccccc1CNc1nc2c(-c3cccc(Cl)c3)nnn2c2ccccc12. The number of anilines is 1. The molecule has 31 heavy (non-hydrogen) atoms. The van der Waals surface area contributed by atoms with E-state index < -0.39 is 0 Å². The fourth-order valence-corrected chi connectivity index (χ4v) is 3.84. The van der Waals surface area contributed by atoms with Crippen LogP contribution < -0.4 is 10.1 Å². The minimum atomic E-state index is 0.581. The fraction of sp³-hybridized carbons (Fsp3) is 0.125. The third-order valence-corrected chi connectivity index (χ3v) is 5.30. The van der Waals surface area contributed by atoms with Crippen LogP contribution in [0.2, 0.25) is 5.02 Å². The maximum atomic E-state index is 6.20. The number of nitrogens with zero attached hydrogens (tertiary/aromatic N) is 4. The van der Waals surface area contributed by atoms with Crippen molar-refractivity contribution in [3.8, 4) is 17.0 Å². The van der Waals surface area contributed by atoms with Crippen molar-refractivity contribution in [3.05, 3.63) is 83.4 Å². The van der Waals surface area contributed by atoms with Gasteiger partial charge in [0.2, 0.25) is 0 Å². The molecule has 0 spiro atoms. The van der Waals surface area contributed by atoms with E-state index >= 15 is 0 Å². The van der Waals surface area contributed by atoms with Crippen LogP contribution in [-0.2, 0) is 6.54 Å². The molecule has 5 aromatic rings. The van der Waals surface area contributed by atoms with Gasteiger partial charge in [-0.3, -0.25) is 0 Å². The van der Waals surface area contributed by atoms with Crippen molar-refractivity contribution in [2.75, 3.05) is 11.9 Å². The van der Waals surface area contributed by atoms with Crippen molar-refractivity contribution in [1.82, 2.24) is 19.8 Å². The molecule has 3 aromatic carbocycles. The number of ether oxygens (including phenoxy) is 1. The van der Waals surface area contributed by atoms with Gasteiger partial charge in [0.25, 0.3) is 0 Å². The first-order chi connectivity index (χ1) is 15.2. The van der Waals surface area contributed by atoms with Crippen LogP contribution in [0.3, 0.4) is 0 Å². The molecule has 5 rings (SSSR count). The summed E-state index contributed by atoms with van der Waals surface area (Å²) in [4.78, 5) is 4.90. The Morgan fingerprint density at radius 3 is 2.71 bits per heavy atom. The predicted molar refractivity (Wildman–Crippen MR) is 124 cm³/mol. The predicted octanol–water partition coefficient (Wildman–Crippen LogP) is 5.61. The molecule has 2 heterocycles. The largest absolute Gasteiger partial charge is 0.494 e. The maximum Gasteiger partial charge on any atom is 0.186 e. The Hall–Kier alpha value is -3.64. The number of hydrogen-bond acceptors (Lipinski definition) is 5. The molecule has 6 nitrogen and oxygen atoms in total. The summed E-state index contributed by atoms with van der Waals surface area (Å²) in [6.45, 7) is 3.18. The van der Waals surface area contributed by atoms with E-state index in [4.69, 9.17) is 21.3 Å². The summed E-state index contributed by atoms with van der Waals surface area (Å²) >= 11 is 6.20. The first-order valence-electron chi connectivity index (χ1n) is 10.1. The van der Waals surface area contributed by atoms with Crippen molar-refractivity contribution in [2.45, 2.75) is 13.5 Å². The highest BCUT2D eigenvalue weighted by Crippen LogP contribution is 2.29. The minimum absolute atomic E-state index is 0.581. The van der Waals surface area contributed by atoms with Gasteiger partial charge < -0.3 is 10.1 Å². The maximum absolute atomic E-state index is 6.20. The van der Waals surface area contributed by atoms with Crippen LogP contribution in [-0.4, -0.2) is 26.4 Å². The Balaban J connectivity index is 1.61. The molecule has 0 unspecified atom stereocenters. The summed E-state index contributed by atoms with van der Waals surface area (Å²) < 4.78 is 7.53. The molecule has 0 saturated heterocycles. The lowest BCUT2D eigenvalue weighted by Gasteiger charge is -2.13. The standard InChI is InChI=1S/C24H20ClN5O/c1-2-31-21-13-6-3-8-17(21)15-26-23-19-11-4-5-12-20(19)30-24(27-23)22(28-29-30)16-9-7-10-18(25)14-16/h3-14H,2,15H2,1H3,(H,26,27). The van der Waals surface area contributed by atoms with Gasteiger partial charge in [-0.1, -0.05) is 59.3 Å². The van der Waals surface area contributed by atoms with Gasteiger partial charge in [-0.25, -0.2) is 4.98 Å². The smallest absolute Gasteiger partial charge is 0.186 e. The average Bonchev–Trinajstić information content (AvgIpc) is 3.23. The molecule has 0 aliphatic rings. The second-order valence-electron chi connectivity index (χ2n) is 7.06. The first kappa shape index (κ1) is 19.3. The van der Waals surface area contributed by atoms with Crippen molar-refractivity contribution in [2.24, 2.45) is 0 Å². The van der Waals surface area contributed by atoms with Crippen molar-refractivity contribution in [1.29, 1.82) is 0 Å². The summed E-state index contributed by atoms with van der Waals surface area (Å²) in [6, 6.07) is 23.6. The van der Waals surface area contributed by atoms with Gasteiger partial charge in [0.05, 0.1) is 12.1 Å². The molecule has 154 valence electrons. The van der Waals surface area contributed by atoms with Crippen LogP contribution >= 0.6 is 11.6 Å². The number of aromatic nitrogens is 4. The van der Waals surface area contributed by atoms with Gasteiger partial charge in [0, 0.05) is 28.1 Å². The summed E-state index contributed by atoms with van der Waals surface area (Å²) in [5.74, 6) is 1.63. The number of nitrogens with one attached hydrogen (secondary N) is 1. The van der Waals surface area contributed by atoms with E-state index in [9.17, 15) is 0 Å². The van der Waals surface area contributed by atoms with Gasteiger partial charge >= 0.3 is 0 Å². The lowest BCUT2D eigenvalue weighted by Crippen LogP contribution is -2.06. The van der Waals surface area contributed by atoms with Gasteiger partial charge in [-0.2, -0.15) is 4.52 Å². The van der Waals surface area contributed by atoms with Crippen LogP contribution in [0.5, 0.6) is 5.75 Å². The zero-order valence-electron chi connectivity index (χ0n) is 16.9. The molecule has 0 aliphatic carbocycles. The minimum Gasteiger partial charge on any atom is -0.494 e. The molecule has 0 amide bonds. The van der Waals surface area contributed by atoms with Crippen LogP contribution in [0.15, 0.2) is 72.8 Å². The summed E-state index contributed by atoms with van der Waals surface area (Å²) in [6.07, 6.45) is 0. The van der Waals surface area contributed by atoms with Crippen LogP contribution in [0.1, 0.15) is 12.5 Å². The Kier molecular flexibility index (Phi) is 5.14. The summed E-state index contributed by atoms with van der Waals surface area (Å²) in [5.41, 5.74) is 4.22. The Labute approximate surface area is 184 Å². The molecule has 0 radical (unpaired) electrons. The number of benzene rings is 3. The number of para-hydroxylation sites is 2. The van der Waals surface area contributed by atoms with E-state index in [1.165, 1.54) is 0 Å². The Morgan fingerprint density at radius 1 is 1.00 bits per heavy atom. The van der Waals surface area contributed by atoms with Crippen molar-refractivity contribution in [3.63, 3.8) is 0 Å². The normalized spacial score (nSPS) is 11.2. The van der Waals surface area contributed by atoms with E-state index in [0.29, 0.717) is 29.5 Å². The zero-order valence-corrected chi connectivity index (χ0v) is 17.7. The van der Waals surface area contributed by atoms with Gasteiger partial charge in [-0.15, -0.1) is 5.10 Å². The fourth-order valence-electron chi connectivity index (χ4n) is 3.65. The molecular weight excluding hydrogens is 410 g/mol. The van der Waals surface area contributed by atoms with Crippen molar-refractivity contribution >= 4 is 34.0 Å². The second kappa shape index (κ2) is 8.24. The molecular formula is C24H20ClN5O. The van der Waals surface area contributed by atoms with E-state index in [1.807, 2.05) is 73.7 Å². The van der Waals surface area contributed by atoms with E-state index in [0.717, 1.165) is 33.6 Å². The Bertz CT molecular complexity index is 1380. The van der Waals surface area contributed by atoms with Crippen LogP contribution in [0.25, 0.3) is 27.8 Å². The monoisotopic (exact) mass is 429 g/mol. The number of hydrogen-bond donors (Lipinski definition) is 1. The second-order valence-corrected chi connectivity index (χ2v) is 7.49. The molecule has 0 fully saturated rings. The highest BCUT2D eigenvalue weighted by molar-refractivity contribution is 6.30. The third-order valence-electron chi connectivity index (χ3n) is 5.07. The molecule has 0 aliphatic heterocycles. The lowest BCUT2D eigenvalue weighted by molar-refractivity contribution is 0.337. The van der Waals surface area contributed by atoms with Gasteiger partial charge in [0.1, 0.15) is 17.3 Å². The Morgan fingerprint density at radius 2 is 1.84 bits per heavy atom. The van der Waals surface area contributed by atoms with Crippen molar-refractivity contribution < 1.29 is 4.74 Å². The van der Waals surface area contributed by atoms with Gasteiger partial charge in [0.15, 0.2) is 5.65 Å². The molecule has 0 saturated carbocycles. The third kappa shape index (κ3) is 3.66. The highest BCUT2D eigenvalue weighted by atomic mass is 35.5. The van der Waals surface area contributed by atoms with Crippen LogP contribution in [0, 0.1) is 0 Å². The topological polar surface area (TPSA) is 64.3 Å². The summed E-state index contributed by atoms with van der Waals surface area (Å²) in [7, 11) is 0. The summed E-state index contributed by atoms with van der Waals surface area (Å²) in [5, 5.41) is 13.9. The van der Waals surface area contributed by atoms with E-state index in [2.05, 4.69) is 21.7 Å². The molecule has 2 aromatic heterocycles.